The molecule has 1 N–H and O–H groups in total. The lowest BCUT2D eigenvalue weighted by atomic mass is 10.0. The monoisotopic (exact) mass is 295 g/mol. The number of aryl methyl sites for hydroxylation is 1. The lowest BCUT2D eigenvalue weighted by Crippen LogP contribution is -2.41. The van der Waals surface area contributed by atoms with E-state index in [0.29, 0.717) is 0 Å². The van der Waals surface area contributed by atoms with Gasteiger partial charge >= 0.3 is 0 Å². The number of rotatable bonds is 4. The summed E-state index contributed by atoms with van der Waals surface area (Å²) in [4.78, 5) is 2.20. The first-order valence-electron chi connectivity index (χ1n) is 7.57. The number of fused-ring (bicyclic) bond motifs is 1. The molecule has 3 nitrogen and oxygen atoms in total. The Morgan fingerprint density at radius 3 is 2.95 bits per heavy atom. The van der Waals surface area contributed by atoms with Crippen LogP contribution in [0.2, 0.25) is 0 Å². The van der Waals surface area contributed by atoms with Gasteiger partial charge in [0.2, 0.25) is 0 Å². The highest BCUT2D eigenvalue weighted by Gasteiger charge is 2.25. The molecule has 1 unspecified atom stereocenters. The summed E-state index contributed by atoms with van der Waals surface area (Å²) in [5.41, 5.74) is 3.48. The summed E-state index contributed by atoms with van der Waals surface area (Å²) >= 11 is 0. The van der Waals surface area contributed by atoms with Crippen molar-refractivity contribution in [2.75, 3.05) is 18.0 Å². The minimum Gasteiger partial charge on any atom is -0.508 e. The van der Waals surface area contributed by atoms with Crippen LogP contribution >= 0.6 is 0 Å². The largest absolute Gasteiger partial charge is 0.508 e. The highest BCUT2D eigenvalue weighted by molar-refractivity contribution is 5.63. The molecule has 3 rings (SSSR count). The van der Waals surface area contributed by atoms with Gasteiger partial charge in [-0.15, -0.1) is 6.58 Å². The van der Waals surface area contributed by atoms with Gasteiger partial charge in [0.15, 0.2) is 0 Å². The van der Waals surface area contributed by atoms with Crippen molar-refractivity contribution < 1.29 is 9.84 Å². The highest BCUT2D eigenvalue weighted by Crippen LogP contribution is 2.36. The Kier molecular flexibility index (Phi) is 4.05. The van der Waals surface area contributed by atoms with Crippen molar-refractivity contribution in [3.63, 3.8) is 0 Å². The van der Waals surface area contributed by atoms with Crippen molar-refractivity contribution in [1.29, 1.82) is 0 Å². The molecular formula is C19H21NO2. The summed E-state index contributed by atoms with van der Waals surface area (Å²) in [6.07, 6.45) is 2.84. The molecule has 0 aromatic heterocycles. The number of aromatic hydroxyl groups is 1. The van der Waals surface area contributed by atoms with Crippen LogP contribution in [-0.4, -0.2) is 24.3 Å². The van der Waals surface area contributed by atoms with Crippen molar-refractivity contribution in [1.82, 2.24) is 0 Å². The number of anilines is 1. The fourth-order valence-corrected chi connectivity index (χ4v) is 2.95. The lowest BCUT2D eigenvalue weighted by Gasteiger charge is -2.36. The zero-order valence-corrected chi connectivity index (χ0v) is 12.8. The molecule has 1 atom stereocenters. The molecule has 0 amide bonds. The second kappa shape index (κ2) is 6.14. The molecular weight excluding hydrogens is 274 g/mol. The number of hydrogen-bond acceptors (Lipinski definition) is 3. The average Bonchev–Trinajstić information content (AvgIpc) is 2.48. The van der Waals surface area contributed by atoms with Crippen LogP contribution in [0.5, 0.6) is 11.5 Å². The molecule has 0 fully saturated rings. The maximum absolute atomic E-state index is 9.70. The van der Waals surface area contributed by atoms with Gasteiger partial charge in [0.25, 0.3) is 0 Å². The molecule has 2 aromatic rings. The van der Waals surface area contributed by atoms with Crippen LogP contribution in [0.15, 0.2) is 55.1 Å². The molecule has 114 valence electrons. The van der Waals surface area contributed by atoms with E-state index < -0.39 is 0 Å². The molecule has 2 aromatic carbocycles. The third kappa shape index (κ3) is 3.08. The number of phenols is 1. The van der Waals surface area contributed by atoms with Crippen molar-refractivity contribution in [2.24, 2.45) is 0 Å². The predicted molar refractivity (Wildman–Crippen MR) is 89.8 cm³/mol. The molecule has 0 saturated carbocycles. The molecule has 0 radical (unpaired) electrons. The summed E-state index contributed by atoms with van der Waals surface area (Å²) in [5.74, 6) is 1.08. The van der Waals surface area contributed by atoms with Gasteiger partial charge in [0.05, 0.1) is 12.2 Å². The Hall–Kier alpha value is -2.42. The van der Waals surface area contributed by atoms with Gasteiger partial charge in [-0.3, -0.25) is 0 Å². The summed E-state index contributed by atoms with van der Waals surface area (Å²) in [6.45, 7) is 7.46. The number of benzene rings is 2. The summed E-state index contributed by atoms with van der Waals surface area (Å²) in [5, 5.41) is 9.70. The van der Waals surface area contributed by atoms with Crippen LogP contribution in [0.4, 0.5) is 5.69 Å². The highest BCUT2D eigenvalue weighted by atomic mass is 16.5. The van der Waals surface area contributed by atoms with Gasteiger partial charge in [-0.2, -0.15) is 0 Å². The normalized spacial score (nSPS) is 16.8. The lowest BCUT2D eigenvalue weighted by molar-refractivity contribution is 0.194. The number of phenolic OH excluding ortho intramolecular Hbond substituents is 1. The number of hydrogen-bond donors (Lipinski definition) is 1. The SMILES string of the molecule is C=CCN1CC(Cc2cccc(C)c2)Oc2ccc(O)cc21. The molecule has 3 heteroatoms. The summed E-state index contributed by atoms with van der Waals surface area (Å²) in [7, 11) is 0. The second-order valence-electron chi connectivity index (χ2n) is 5.78. The Labute approximate surface area is 131 Å². The first kappa shape index (κ1) is 14.5. The van der Waals surface area contributed by atoms with Crippen LogP contribution in [0, 0.1) is 6.92 Å². The van der Waals surface area contributed by atoms with E-state index in [2.05, 4.69) is 42.7 Å². The molecule has 22 heavy (non-hydrogen) atoms. The average molecular weight is 295 g/mol. The van der Waals surface area contributed by atoms with Gasteiger partial charge in [-0.1, -0.05) is 35.9 Å². The van der Waals surface area contributed by atoms with E-state index >= 15 is 0 Å². The molecule has 1 aliphatic rings. The van der Waals surface area contributed by atoms with Gasteiger partial charge in [-0.05, 0) is 24.6 Å². The summed E-state index contributed by atoms with van der Waals surface area (Å²) < 4.78 is 6.12. The van der Waals surface area contributed by atoms with Gasteiger partial charge in [0, 0.05) is 19.0 Å². The molecule has 0 spiro atoms. The minimum atomic E-state index is 0.0961. The van der Waals surface area contributed by atoms with Crippen molar-refractivity contribution >= 4 is 5.69 Å². The van der Waals surface area contributed by atoms with Crippen LogP contribution in [-0.2, 0) is 6.42 Å². The topological polar surface area (TPSA) is 32.7 Å². The van der Waals surface area contributed by atoms with E-state index in [1.807, 2.05) is 12.1 Å². The fourth-order valence-electron chi connectivity index (χ4n) is 2.95. The molecule has 0 aliphatic carbocycles. The van der Waals surface area contributed by atoms with E-state index in [0.717, 1.165) is 30.9 Å². The van der Waals surface area contributed by atoms with E-state index in [9.17, 15) is 5.11 Å². The van der Waals surface area contributed by atoms with Gasteiger partial charge in [0.1, 0.15) is 17.6 Å². The molecule has 1 aliphatic heterocycles. The van der Waals surface area contributed by atoms with Crippen LogP contribution in [0.3, 0.4) is 0 Å². The van der Waals surface area contributed by atoms with Crippen molar-refractivity contribution in [3.8, 4) is 11.5 Å². The Bertz CT molecular complexity index is 681. The zero-order valence-electron chi connectivity index (χ0n) is 12.8. The number of nitrogens with zero attached hydrogens (tertiary/aromatic N) is 1. The first-order chi connectivity index (χ1) is 10.7. The molecule has 0 saturated heterocycles. The first-order valence-corrected chi connectivity index (χ1v) is 7.57. The van der Waals surface area contributed by atoms with Gasteiger partial charge < -0.3 is 14.7 Å². The molecule has 0 bridgehead atoms. The Morgan fingerprint density at radius 1 is 1.32 bits per heavy atom. The Balaban J connectivity index is 1.83. The quantitative estimate of drug-likeness (QED) is 0.873. The van der Waals surface area contributed by atoms with Crippen LogP contribution < -0.4 is 9.64 Å². The van der Waals surface area contributed by atoms with Crippen LogP contribution in [0.25, 0.3) is 0 Å². The van der Waals surface area contributed by atoms with E-state index in [-0.39, 0.29) is 11.9 Å². The minimum absolute atomic E-state index is 0.0961. The Morgan fingerprint density at radius 2 is 2.18 bits per heavy atom. The predicted octanol–water partition coefficient (Wildman–Crippen LogP) is 3.70. The number of ether oxygens (including phenoxy) is 1. The smallest absolute Gasteiger partial charge is 0.143 e. The third-order valence-corrected chi connectivity index (χ3v) is 3.90. The fraction of sp³-hybridized carbons (Fsp3) is 0.263. The summed E-state index contributed by atoms with van der Waals surface area (Å²) in [6, 6.07) is 13.8. The maximum atomic E-state index is 9.70. The van der Waals surface area contributed by atoms with E-state index in [4.69, 9.17) is 4.74 Å². The van der Waals surface area contributed by atoms with Gasteiger partial charge in [-0.25, -0.2) is 0 Å². The van der Waals surface area contributed by atoms with Crippen LogP contribution in [0.1, 0.15) is 11.1 Å². The maximum Gasteiger partial charge on any atom is 0.143 e. The van der Waals surface area contributed by atoms with E-state index in [1.54, 1.807) is 12.1 Å². The zero-order chi connectivity index (χ0) is 15.5. The second-order valence-corrected chi connectivity index (χ2v) is 5.78. The molecule has 1 heterocycles. The third-order valence-electron chi connectivity index (χ3n) is 3.90. The standard InChI is InChI=1S/C19H21NO2/c1-3-9-20-13-17(11-15-6-4-5-14(2)10-15)22-19-8-7-16(21)12-18(19)20/h3-8,10,12,17,21H,1,9,11,13H2,2H3. The van der Waals surface area contributed by atoms with Crippen molar-refractivity contribution in [2.45, 2.75) is 19.4 Å². The van der Waals surface area contributed by atoms with Crippen molar-refractivity contribution in [3.05, 3.63) is 66.2 Å². The van der Waals surface area contributed by atoms with E-state index in [1.165, 1.54) is 11.1 Å².